The average molecular weight is 416 g/mol. The maximum atomic E-state index is 13.7. The van der Waals surface area contributed by atoms with Crippen LogP contribution in [0.3, 0.4) is 0 Å². The van der Waals surface area contributed by atoms with Crippen LogP contribution in [-0.4, -0.2) is 55.5 Å². The first-order chi connectivity index (χ1) is 14.6. The molecule has 162 valence electrons. The Morgan fingerprint density at radius 2 is 1.53 bits per heavy atom. The van der Waals surface area contributed by atoms with E-state index in [4.69, 9.17) is 0 Å². The number of aliphatic imine (C=N–C) groups is 1. The summed E-state index contributed by atoms with van der Waals surface area (Å²) in [4.78, 5) is 9.12. The Kier molecular flexibility index (Phi) is 8.16. The van der Waals surface area contributed by atoms with Crippen LogP contribution >= 0.6 is 0 Å². The van der Waals surface area contributed by atoms with Crippen molar-refractivity contribution >= 4 is 5.96 Å². The van der Waals surface area contributed by atoms with Crippen molar-refractivity contribution in [3.05, 3.63) is 70.8 Å². The first-order valence-electron chi connectivity index (χ1n) is 10.5. The summed E-state index contributed by atoms with van der Waals surface area (Å²) < 4.78 is 27.0. The minimum Gasteiger partial charge on any atom is -0.352 e. The molecule has 1 aliphatic heterocycles. The molecule has 5 nitrogen and oxygen atoms in total. The van der Waals surface area contributed by atoms with E-state index in [9.17, 15) is 8.78 Å². The van der Waals surface area contributed by atoms with Crippen molar-refractivity contribution < 1.29 is 8.78 Å². The lowest BCUT2D eigenvalue weighted by atomic mass is 10.1. The molecule has 2 aromatic carbocycles. The molecule has 0 atom stereocenters. The van der Waals surface area contributed by atoms with Crippen LogP contribution in [-0.2, 0) is 19.6 Å². The molecule has 0 unspecified atom stereocenters. The van der Waals surface area contributed by atoms with Crippen LogP contribution in [0.4, 0.5) is 8.78 Å². The van der Waals surface area contributed by atoms with Gasteiger partial charge in [-0.1, -0.05) is 31.2 Å². The first-order valence-corrected chi connectivity index (χ1v) is 10.5. The van der Waals surface area contributed by atoms with E-state index < -0.39 is 11.6 Å². The average Bonchev–Trinajstić information content (AvgIpc) is 2.77. The Labute approximate surface area is 177 Å². The zero-order chi connectivity index (χ0) is 21.3. The number of piperazine rings is 1. The van der Waals surface area contributed by atoms with E-state index in [0.717, 1.165) is 57.0 Å². The van der Waals surface area contributed by atoms with E-state index in [2.05, 4.69) is 56.6 Å². The number of likely N-dealkylation sites (N-methyl/N-ethyl adjacent to an activating group) is 1. The van der Waals surface area contributed by atoms with Gasteiger partial charge >= 0.3 is 0 Å². The molecule has 30 heavy (non-hydrogen) atoms. The molecule has 2 N–H and O–H groups in total. The molecule has 0 spiro atoms. The van der Waals surface area contributed by atoms with E-state index in [1.54, 1.807) is 7.05 Å². The highest BCUT2D eigenvalue weighted by molar-refractivity contribution is 5.79. The van der Waals surface area contributed by atoms with E-state index in [0.29, 0.717) is 12.5 Å². The number of benzene rings is 2. The number of nitrogens with one attached hydrogen (secondary N) is 2. The molecule has 0 bridgehead atoms. The molecular formula is C23H31F2N5. The first kappa shape index (κ1) is 22.2. The minimum absolute atomic E-state index is 0.160. The molecule has 1 aliphatic rings. The molecule has 1 fully saturated rings. The van der Waals surface area contributed by atoms with Crippen LogP contribution in [0.2, 0.25) is 0 Å². The summed E-state index contributed by atoms with van der Waals surface area (Å²) in [6.07, 6.45) is 0. The highest BCUT2D eigenvalue weighted by atomic mass is 19.1. The normalized spacial score (nSPS) is 15.9. The van der Waals surface area contributed by atoms with Crippen molar-refractivity contribution in [3.63, 3.8) is 0 Å². The summed E-state index contributed by atoms with van der Waals surface area (Å²) in [5, 5.41) is 6.23. The fourth-order valence-corrected chi connectivity index (χ4v) is 3.55. The Morgan fingerprint density at radius 1 is 0.900 bits per heavy atom. The zero-order valence-electron chi connectivity index (χ0n) is 17.8. The monoisotopic (exact) mass is 415 g/mol. The van der Waals surface area contributed by atoms with Crippen LogP contribution in [0.1, 0.15) is 23.6 Å². The number of hydrogen-bond acceptors (Lipinski definition) is 3. The van der Waals surface area contributed by atoms with Crippen molar-refractivity contribution in [2.24, 2.45) is 4.99 Å². The van der Waals surface area contributed by atoms with Crippen LogP contribution in [0, 0.1) is 11.6 Å². The van der Waals surface area contributed by atoms with Crippen molar-refractivity contribution in [2.45, 2.75) is 26.6 Å². The number of halogens is 2. The Hall–Kier alpha value is -2.51. The smallest absolute Gasteiger partial charge is 0.191 e. The molecule has 1 heterocycles. The molecule has 1 saturated heterocycles. The second kappa shape index (κ2) is 11.0. The predicted octanol–water partition coefficient (Wildman–Crippen LogP) is 2.97. The van der Waals surface area contributed by atoms with Gasteiger partial charge in [-0.05, 0) is 35.9 Å². The summed E-state index contributed by atoms with van der Waals surface area (Å²) in [5.41, 5.74) is 2.71. The van der Waals surface area contributed by atoms with Gasteiger partial charge in [0.1, 0.15) is 11.6 Å². The standard InChI is InChI=1S/C23H31F2N5/c1-3-29-10-12-30(13-11-29)17-19-6-4-18(5-7-19)15-27-23(26-2)28-16-20-14-21(24)8-9-22(20)25/h4-9,14H,3,10-13,15-17H2,1-2H3,(H2,26,27,28). The fourth-order valence-electron chi connectivity index (χ4n) is 3.55. The molecular weight excluding hydrogens is 384 g/mol. The van der Waals surface area contributed by atoms with Crippen LogP contribution in [0.5, 0.6) is 0 Å². The zero-order valence-corrected chi connectivity index (χ0v) is 17.8. The lowest BCUT2D eigenvalue weighted by Crippen LogP contribution is -2.45. The number of guanidine groups is 1. The molecule has 3 rings (SSSR count). The van der Waals surface area contributed by atoms with Gasteiger partial charge in [0.15, 0.2) is 5.96 Å². The van der Waals surface area contributed by atoms with Gasteiger partial charge in [0, 0.05) is 58.4 Å². The second-order valence-electron chi connectivity index (χ2n) is 7.54. The second-order valence-corrected chi connectivity index (χ2v) is 7.54. The van der Waals surface area contributed by atoms with E-state index in [-0.39, 0.29) is 12.1 Å². The van der Waals surface area contributed by atoms with Gasteiger partial charge in [-0.3, -0.25) is 9.89 Å². The highest BCUT2D eigenvalue weighted by Gasteiger charge is 2.15. The Morgan fingerprint density at radius 3 is 2.20 bits per heavy atom. The van der Waals surface area contributed by atoms with E-state index in [1.807, 2.05) is 0 Å². The number of hydrogen-bond donors (Lipinski definition) is 2. The molecule has 0 radical (unpaired) electrons. The molecule has 0 aromatic heterocycles. The van der Waals surface area contributed by atoms with Crippen LogP contribution in [0.25, 0.3) is 0 Å². The molecule has 0 saturated carbocycles. The van der Waals surface area contributed by atoms with Gasteiger partial charge in [0.25, 0.3) is 0 Å². The number of nitrogens with zero attached hydrogens (tertiary/aromatic N) is 3. The summed E-state index contributed by atoms with van der Waals surface area (Å²) in [6, 6.07) is 12.0. The fraction of sp³-hybridized carbons (Fsp3) is 0.435. The molecule has 0 aliphatic carbocycles. The minimum atomic E-state index is -0.455. The van der Waals surface area contributed by atoms with Gasteiger partial charge in [-0.25, -0.2) is 8.78 Å². The summed E-state index contributed by atoms with van der Waals surface area (Å²) >= 11 is 0. The molecule has 2 aromatic rings. The lowest BCUT2D eigenvalue weighted by molar-refractivity contribution is 0.132. The van der Waals surface area contributed by atoms with Crippen molar-refractivity contribution in [2.75, 3.05) is 39.8 Å². The summed E-state index contributed by atoms with van der Waals surface area (Å²) in [7, 11) is 1.65. The molecule has 7 heteroatoms. The summed E-state index contributed by atoms with van der Waals surface area (Å²) in [5.74, 6) is -0.355. The quantitative estimate of drug-likeness (QED) is 0.539. The van der Waals surface area contributed by atoms with Crippen molar-refractivity contribution in [1.29, 1.82) is 0 Å². The third-order valence-corrected chi connectivity index (χ3v) is 5.48. The molecule has 0 amide bonds. The van der Waals surface area contributed by atoms with E-state index in [1.165, 1.54) is 11.6 Å². The Bertz CT molecular complexity index is 830. The maximum Gasteiger partial charge on any atom is 0.191 e. The largest absolute Gasteiger partial charge is 0.352 e. The van der Waals surface area contributed by atoms with Gasteiger partial charge in [0.05, 0.1) is 0 Å². The highest BCUT2D eigenvalue weighted by Crippen LogP contribution is 2.11. The van der Waals surface area contributed by atoms with Crippen molar-refractivity contribution in [3.8, 4) is 0 Å². The van der Waals surface area contributed by atoms with Gasteiger partial charge < -0.3 is 15.5 Å². The maximum absolute atomic E-state index is 13.7. The lowest BCUT2D eigenvalue weighted by Gasteiger charge is -2.34. The third-order valence-electron chi connectivity index (χ3n) is 5.48. The topological polar surface area (TPSA) is 42.9 Å². The van der Waals surface area contributed by atoms with E-state index >= 15 is 0 Å². The van der Waals surface area contributed by atoms with Crippen LogP contribution in [0.15, 0.2) is 47.5 Å². The van der Waals surface area contributed by atoms with Gasteiger partial charge in [-0.15, -0.1) is 0 Å². The third kappa shape index (κ3) is 6.50. The predicted molar refractivity (Wildman–Crippen MR) is 117 cm³/mol. The Balaban J connectivity index is 1.45. The summed E-state index contributed by atoms with van der Waals surface area (Å²) in [6.45, 7) is 9.60. The van der Waals surface area contributed by atoms with Gasteiger partial charge in [0.2, 0.25) is 0 Å². The SMILES string of the molecule is CCN1CCN(Cc2ccc(CNC(=NC)NCc3cc(F)ccc3F)cc2)CC1. The van der Waals surface area contributed by atoms with Gasteiger partial charge in [-0.2, -0.15) is 0 Å². The number of rotatable bonds is 7. The van der Waals surface area contributed by atoms with Crippen LogP contribution < -0.4 is 10.6 Å². The van der Waals surface area contributed by atoms with Crippen molar-refractivity contribution in [1.82, 2.24) is 20.4 Å².